The van der Waals surface area contributed by atoms with E-state index >= 15 is 0 Å². The second-order valence-electron chi connectivity index (χ2n) is 8.45. The van der Waals surface area contributed by atoms with Gasteiger partial charge < -0.3 is 16.0 Å². The fourth-order valence-electron chi connectivity index (χ4n) is 3.56. The Kier molecular flexibility index (Phi) is 8.20. The van der Waals surface area contributed by atoms with Crippen molar-refractivity contribution in [3.05, 3.63) is 90.2 Å². The Morgan fingerprint density at radius 2 is 1.37 bits per heavy atom. The first-order chi connectivity index (χ1) is 19.2. The number of hydrogen-bond donors (Lipinski definition) is 4. The topological polar surface area (TPSA) is 215 Å². The van der Waals surface area contributed by atoms with E-state index in [1.165, 1.54) is 12.1 Å². The maximum atomic E-state index is 12.1. The molecule has 0 bridgehead atoms. The number of anilines is 6. The molecular weight excluding hydrogens is 603 g/mol. The van der Waals surface area contributed by atoms with Gasteiger partial charge in [-0.25, -0.2) is 0 Å². The third-order valence-electron chi connectivity index (χ3n) is 5.61. The minimum Gasteiger partial charge on any atom is -0.350 e. The lowest BCUT2D eigenvalue weighted by atomic mass is 10.1. The van der Waals surface area contributed by atoms with Crippen LogP contribution in [0.25, 0.3) is 0 Å². The number of hydrogen-bond acceptors (Lipinski definition) is 12. The lowest BCUT2D eigenvalue weighted by Gasteiger charge is -2.14. The maximum Gasteiger partial charge on any atom is 0.299 e. The molecular formula is C23H18Cl2N8O7S. The Bertz CT molecular complexity index is 1820. The summed E-state index contributed by atoms with van der Waals surface area (Å²) in [5.74, 6) is -0.183. The summed E-state index contributed by atoms with van der Waals surface area (Å²) < 4.78 is 33.9. The lowest BCUT2D eigenvalue weighted by Crippen LogP contribution is -2.08. The average molecular weight is 621 g/mol. The van der Waals surface area contributed by atoms with E-state index < -0.39 is 36.2 Å². The number of aromatic nitrogens is 3. The highest BCUT2D eigenvalue weighted by molar-refractivity contribution is 7.86. The van der Waals surface area contributed by atoms with E-state index in [1.54, 1.807) is 6.07 Å². The van der Waals surface area contributed by atoms with Crippen LogP contribution in [-0.4, -0.2) is 37.8 Å². The molecule has 0 atom stereocenters. The molecule has 1 aromatic heterocycles. The summed E-state index contributed by atoms with van der Waals surface area (Å²) in [4.78, 5) is 32.5. The van der Waals surface area contributed by atoms with Gasteiger partial charge in [-0.2, -0.15) is 23.4 Å². The van der Waals surface area contributed by atoms with Crippen LogP contribution in [-0.2, 0) is 10.1 Å². The summed E-state index contributed by atoms with van der Waals surface area (Å²) in [5, 5.41) is 30.4. The molecule has 0 saturated carbocycles. The minimum atomic E-state index is -4.78. The van der Waals surface area contributed by atoms with Crippen LogP contribution in [0.2, 0.25) is 10.3 Å². The molecule has 4 rings (SSSR count). The highest BCUT2D eigenvalue weighted by atomic mass is 35.5. The molecule has 1 heterocycles. The quantitative estimate of drug-likeness (QED) is 0.0946. The highest BCUT2D eigenvalue weighted by Crippen LogP contribution is 2.38. The van der Waals surface area contributed by atoms with Crippen molar-refractivity contribution in [2.75, 3.05) is 16.0 Å². The number of nitro groups is 2. The molecule has 0 saturated heterocycles. The second-order valence-corrected chi connectivity index (χ2v) is 10.6. The molecule has 0 fully saturated rings. The van der Waals surface area contributed by atoms with E-state index in [9.17, 15) is 33.2 Å². The maximum absolute atomic E-state index is 12.1. The van der Waals surface area contributed by atoms with E-state index in [-0.39, 0.29) is 39.3 Å². The molecule has 41 heavy (non-hydrogen) atoms. The molecule has 15 nitrogen and oxygen atoms in total. The molecule has 0 aliphatic heterocycles. The number of rotatable bonds is 9. The van der Waals surface area contributed by atoms with Crippen LogP contribution >= 0.6 is 23.2 Å². The van der Waals surface area contributed by atoms with Crippen molar-refractivity contribution in [1.82, 2.24) is 15.0 Å². The first-order valence-corrected chi connectivity index (χ1v) is 13.4. The number of halogens is 2. The van der Waals surface area contributed by atoms with Crippen LogP contribution in [0, 0.1) is 34.1 Å². The van der Waals surface area contributed by atoms with Crippen LogP contribution in [0.15, 0.2) is 53.4 Å². The molecule has 4 aromatic rings. The van der Waals surface area contributed by atoms with Gasteiger partial charge in [-0.05, 0) is 73.0 Å². The molecule has 0 aliphatic carbocycles. The van der Waals surface area contributed by atoms with Crippen molar-refractivity contribution in [3.63, 3.8) is 0 Å². The summed E-state index contributed by atoms with van der Waals surface area (Å²) in [6.45, 7) is 3.87. The van der Waals surface area contributed by atoms with Crippen molar-refractivity contribution in [3.8, 4) is 0 Å². The van der Waals surface area contributed by atoms with Crippen LogP contribution in [0.1, 0.15) is 11.1 Å². The van der Waals surface area contributed by atoms with Gasteiger partial charge in [0.2, 0.25) is 17.2 Å². The Morgan fingerprint density at radius 1 is 0.756 bits per heavy atom. The van der Waals surface area contributed by atoms with Crippen molar-refractivity contribution in [2.45, 2.75) is 18.7 Å². The number of aryl methyl sites for hydroxylation is 2. The predicted octanol–water partition coefficient (Wildman–Crippen LogP) is 6.09. The van der Waals surface area contributed by atoms with Crippen molar-refractivity contribution < 1.29 is 22.8 Å². The molecule has 0 radical (unpaired) electrons. The third kappa shape index (κ3) is 6.93. The van der Waals surface area contributed by atoms with Crippen molar-refractivity contribution in [2.24, 2.45) is 0 Å². The highest BCUT2D eigenvalue weighted by Gasteiger charge is 2.25. The van der Waals surface area contributed by atoms with Crippen molar-refractivity contribution >= 4 is 79.3 Å². The van der Waals surface area contributed by atoms with Gasteiger partial charge in [-0.1, -0.05) is 17.7 Å². The molecule has 18 heteroatoms. The Morgan fingerprint density at radius 3 is 1.98 bits per heavy atom. The first kappa shape index (κ1) is 29.3. The van der Waals surface area contributed by atoms with Crippen molar-refractivity contribution in [1.29, 1.82) is 0 Å². The number of nitrogens with zero attached hydrogens (tertiary/aromatic N) is 5. The molecule has 4 N–H and O–H groups in total. The molecule has 0 unspecified atom stereocenters. The summed E-state index contributed by atoms with van der Waals surface area (Å²) >= 11 is 12.0. The Hall–Kier alpha value is -4.64. The van der Waals surface area contributed by atoms with Crippen LogP contribution < -0.4 is 16.0 Å². The van der Waals surface area contributed by atoms with Gasteiger partial charge in [0.15, 0.2) is 0 Å². The summed E-state index contributed by atoms with van der Waals surface area (Å²) in [7, 11) is -4.78. The van der Waals surface area contributed by atoms with E-state index in [4.69, 9.17) is 23.2 Å². The second kappa shape index (κ2) is 11.5. The van der Waals surface area contributed by atoms with Gasteiger partial charge in [0.1, 0.15) is 15.6 Å². The molecule has 212 valence electrons. The Labute approximate surface area is 241 Å². The summed E-state index contributed by atoms with van der Waals surface area (Å²) in [6, 6.07) is 10.6. The zero-order valence-electron chi connectivity index (χ0n) is 20.9. The van der Waals surface area contributed by atoms with E-state index in [1.807, 2.05) is 26.0 Å². The van der Waals surface area contributed by atoms with Crippen LogP contribution in [0.5, 0.6) is 0 Å². The zero-order chi connectivity index (χ0) is 30.1. The van der Waals surface area contributed by atoms with Gasteiger partial charge >= 0.3 is 0 Å². The van der Waals surface area contributed by atoms with Gasteiger partial charge in [-0.3, -0.25) is 24.8 Å². The van der Waals surface area contributed by atoms with Gasteiger partial charge in [-0.15, -0.1) is 0 Å². The van der Waals surface area contributed by atoms with E-state index in [0.717, 1.165) is 23.3 Å². The van der Waals surface area contributed by atoms with Gasteiger partial charge in [0.05, 0.1) is 21.6 Å². The predicted molar refractivity (Wildman–Crippen MR) is 152 cm³/mol. The van der Waals surface area contributed by atoms with Gasteiger partial charge in [0.25, 0.3) is 21.5 Å². The lowest BCUT2D eigenvalue weighted by molar-refractivity contribution is -0.393. The normalized spacial score (nSPS) is 11.1. The summed E-state index contributed by atoms with van der Waals surface area (Å²) in [5.41, 5.74) is 0.984. The van der Waals surface area contributed by atoms with E-state index in [2.05, 4.69) is 30.9 Å². The van der Waals surface area contributed by atoms with Crippen LogP contribution in [0.3, 0.4) is 0 Å². The largest absolute Gasteiger partial charge is 0.350 e. The molecule has 0 amide bonds. The third-order valence-corrected chi connectivity index (χ3v) is 7.00. The summed E-state index contributed by atoms with van der Waals surface area (Å²) in [6.07, 6.45) is 0. The molecule has 3 aromatic carbocycles. The first-order valence-electron chi connectivity index (χ1n) is 11.2. The fraction of sp³-hybridized carbons (Fsp3) is 0.0870. The average Bonchev–Trinajstić information content (AvgIpc) is 2.85. The zero-order valence-corrected chi connectivity index (χ0v) is 23.2. The fourth-order valence-corrected chi connectivity index (χ4v) is 4.58. The smallest absolute Gasteiger partial charge is 0.299 e. The number of nitro benzene ring substituents is 2. The monoisotopic (exact) mass is 620 g/mol. The number of nitrogens with one attached hydrogen (secondary N) is 3. The molecule has 0 aliphatic rings. The van der Waals surface area contributed by atoms with Crippen LogP contribution in [0.4, 0.5) is 46.0 Å². The van der Waals surface area contributed by atoms with Gasteiger partial charge in [0, 0.05) is 11.4 Å². The number of benzene rings is 3. The molecule has 0 spiro atoms. The van der Waals surface area contributed by atoms with E-state index in [0.29, 0.717) is 11.8 Å². The Balaban J connectivity index is 1.72. The SMILES string of the molecule is Cc1ccc(Nc2nc(Cl)nc(Nc3cc(Nc4cc(Cl)c([N+](=O)[O-])cc4[N+](=O)[O-])ccc3S(=O)(=O)O)n2)cc1C. The minimum absolute atomic E-state index is 0.0228. The standard InChI is InChI=1S/C23H18Cl2N8O7S/c1-11-3-4-13(7-12(11)2)27-22-29-21(25)30-23(31-22)28-17-8-14(5-6-20(17)41(38,39)40)26-16-9-15(24)18(32(34)35)10-19(16)33(36)37/h3-10,26H,1-2H3,(H,38,39,40)(H2,27,28,29,30,31).